The van der Waals surface area contributed by atoms with Gasteiger partial charge in [-0.2, -0.15) is 0 Å². The summed E-state index contributed by atoms with van der Waals surface area (Å²) < 4.78 is 16.8. The molecule has 4 rings (SSSR count). The first-order chi connectivity index (χ1) is 16.9. The first-order valence-electron chi connectivity index (χ1n) is 11.7. The summed E-state index contributed by atoms with van der Waals surface area (Å²) in [6.45, 7) is 8.43. The molecular weight excluding hydrogens is 440 g/mol. The summed E-state index contributed by atoms with van der Waals surface area (Å²) in [7, 11) is 0. The van der Waals surface area contributed by atoms with Crippen LogP contribution in [0.4, 0.5) is 0 Å². The van der Waals surface area contributed by atoms with Gasteiger partial charge in [-0.3, -0.25) is 4.79 Å². The Balaban J connectivity index is 1.45. The van der Waals surface area contributed by atoms with Crippen LogP contribution in [-0.4, -0.2) is 18.4 Å². The second kappa shape index (κ2) is 10.4. The summed E-state index contributed by atoms with van der Waals surface area (Å²) in [5.41, 5.74) is 3.67. The number of hydrogen-bond donors (Lipinski definition) is 0. The lowest BCUT2D eigenvalue weighted by atomic mass is 10.0. The van der Waals surface area contributed by atoms with Crippen molar-refractivity contribution in [3.63, 3.8) is 0 Å². The molecule has 0 aliphatic heterocycles. The van der Waals surface area contributed by atoms with Crippen LogP contribution in [0.3, 0.4) is 0 Å². The summed E-state index contributed by atoms with van der Waals surface area (Å²) in [4.78, 5) is 25.5. The lowest BCUT2D eigenvalue weighted by Crippen LogP contribution is -2.09. The van der Waals surface area contributed by atoms with E-state index in [1.165, 1.54) is 5.56 Å². The monoisotopic (exact) mass is 468 g/mol. The standard InChI is InChI=1S/C30H28O5/c1-5-33-25-15-17-28-26(18-25)29(20(4)34-28)30(32)35-24-13-11-23(12-14-24)27(31)16-8-21-6-9-22(10-7-21)19(2)3/h6-19H,5H2,1-4H3. The van der Waals surface area contributed by atoms with Gasteiger partial charge in [0.15, 0.2) is 5.78 Å². The molecule has 1 heterocycles. The predicted molar refractivity (Wildman–Crippen MR) is 137 cm³/mol. The summed E-state index contributed by atoms with van der Waals surface area (Å²) >= 11 is 0. The summed E-state index contributed by atoms with van der Waals surface area (Å²) in [5, 5.41) is 0.636. The molecule has 0 radical (unpaired) electrons. The number of carbonyl (C=O) groups is 2. The normalized spacial score (nSPS) is 11.3. The molecule has 0 saturated carbocycles. The summed E-state index contributed by atoms with van der Waals surface area (Å²) in [5.74, 6) is 1.27. The summed E-state index contributed by atoms with van der Waals surface area (Å²) in [6.07, 6.45) is 3.34. The third-order valence-electron chi connectivity index (χ3n) is 5.73. The fourth-order valence-corrected chi connectivity index (χ4v) is 3.81. The Morgan fingerprint density at radius 1 is 0.943 bits per heavy atom. The van der Waals surface area contributed by atoms with Crippen molar-refractivity contribution in [1.82, 2.24) is 0 Å². The van der Waals surface area contributed by atoms with Crippen molar-refractivity contribution in [2.75, 3.05) is 6.61 Å². The van der Waals surface area contributed by atoms with Crippen molar-refractivity contribution in [1.29, 1.82) is 0 Å². The molecule has 0 aliphatic rings. The molecular formula is C30H28O5. The maximum absolute atomic E-state index is 12.9. The van der Waals surface area contributed by atoms with Gasteiger partial charge in [-0.15, -0.1) is 0 Å². The molecule has 5 nitrogen and oxygen atoms in total. The molecule has 0 fully saturated rings. The highest BCUT2D eigenvalue weighted by molar-refractivity contribution is 6.07. The van der Waals surface area contributed by atoms with Crippen LogP contribution in [0, 0.1) is 6.92 Å². The highest BCUT2D eigenvalue weighted by Crippen LogP contribution is 2.30. The number of furan rings is 1. The van der Waals surface area contributed by atoms with Crippen molar-refractivity contribution >= 4 is 28.8 Å². The molecule has 0 atom stereocenters. The second-order valence-corrected chi connectivity index (χ2v) is 8.56. The molecule has 0 aliphatic carbocycles. The molecule has 4 aromatic rings. The number of ether oxygens (including phenoxy) is 2. The van der Waals surface area contributed by atoms with E-state index in [4.69, 9.17) is 13.9 Å². The number of aryl methyl sites for hydroxylation is 1. The van der Waals surface area contributed by atoms with Crippen LogP contribution in [0.15, 0.2) is 77.2 Å². The number of esters is 1. The van der Waals surface area contributed by atoms with E-state index in [2.05, 4.69) is 26.0 Å². The molecule has 3 aromatic carbocycles. The second-order valence-electron chi connectivity index (χ2n) is 8.56. The Labute approximate surface area is 205 Å². The van der Waals surface area contributed by atoms with Gasteiger partial charge in [-0.1, -0.05) is 44.2 Å². The fraction of sp³-hybridized carbons (Fsp3) is 0.200. The highest BCUT2D eigenvalue weighted by Gasteiger charge is 2.21. The third-order valence-corrected chi connectivity index (χ3v) is 5.73. The van der Waals surface area contributed by atoms with Gasteiger partial charge in [0.2, 0.25) is 0 Å². The van der Waals surface area contributed by atoms with Gasteiger partial charge >= 0.3 is 5.97 Å². The molecule has 0 bridgehead atoms. The van der Waals surface area contributed by atoms with E-state index in [0.717, 1.165) is 5.56 Å². The number of hydrogen-bond acceptors (Lipinski definition) is 5. The van der Waals surface area contributed by atoms with Crippen LogP contribution in [0.1, 0.15) is 64.3 Å². The van der Waals surface area contributed by atoms with Gasteiger partial charge in [0.05, 0.1) is 6.61 Å². The van der Waals surface area contributed by atoms with Crippen LogP contribution in [0.5, 0.6) is 11.5 Å². The molecule has 1 aromatic heterocycles. The maximum Gasteiger partial charge on any atom is 0.347 e. The fourth-order valence-electron chi connectivity index (χ4n) is 3.81. The lowest BCUT2D eigenvalue weighted by Gasteiger charge is -2.06. The lowest BCUT2D eigenvalue weighted by molar-refractivity contribution is 0.0734. The molecule has 5 heteroatoms. The first-order valence-corrected chi connectivity index (χ1v) is 11.7. The van der Waals surface area contributed by atoms with Gasteiger partial charge in [0, 0.05) is 10.9 Å². The Kier molecular flexibility index (Phi) is 7.16. The van der Waals surface area contributed by atoms with Crippen LogP contribution in [0.2, 0.25) is 0 Å². The Bertz CT molecular complexity index is 1370. The number of ketones is 1. The van der Waals surface area contributed by atoms with Gasteiger partial charge < -0.3 is 13.9 Å². The quantitative estimate of drug-likeness (QED) is 0.117. The van der Waals surface area contributed by atoms with Crippen LogP contribution < -0.4 is 9.47 Å². The number of fused-ring (bicyclic) bond motifs is 1. The van der Waals surface area contributed by atoms with Gasteiger partial charge in [-0.25, -0.2) is 4.79 Å². The Morgan fingerprint density at radius 3 is 2.29 bits per heavy atom. The van der Waals surface area contributed by atoms with Crippen LogP contribution in [-0.2, 0) is 0 Å². The zero-order valence-electron chi connectivity index (χ0n) is 20.3. The van der Waals surface area contributed by atoms with E-state index in [-0.39, 0.29) is 5.78 Å². The SMILES string of the molecule is CCOc1ccc2oc(C)c(C(=O)Oc3ccc(C(=O)C=Cc4ccc(C(C)C)cc4)cc3)c2c1. The number of benzene rings is 3. The number of allylic oxidation sites excluding steroid dienone is 1. The van der Waals surface area contributed by atoms with Crippen molar-refractivity contribution in [2.24, 2.45) is 0 Å². The van der Waals surface area contributed by atoms with E-state index in [9.17, 15) is 9.59 Å². The molecule has 0 saturated heterocycles. The molecule has 0 spiro atoms. The van der Waals surface area contributed by atoms with E-state index in [1.54, 1.807) is 61.5 Å². The Morgan fingerprint density at radius 2 is 1.63 bits per heavy atom. The molecule has 0 amide bonds. The van der Waals surface area contributed by atoms with Crippen molar-refractivity contribution < 1.29 is 23.5 Å². The Hall–Kier alpha value is -4.12. The van der Waals surface area contributed by atoms with Crippen LogP contribution in [0.25, 0.3) is 17.0 Å². The van der Waals surface area contributed by atoms with E-state index >= 15 is 0 Å². The zero-order chi connectivity index (χ0) is 24.9. The zero-order valence-corrected chi connectivity index (χ0v) is 20.3. The van der Waals surface area contributed by atoms with E-state index in [1.807, 2.05) is 19.1 Å². The minimum Gasteiger partial charge on any atom is -0.494 e. The van der Waals surface area contributed by atoms with Crippen molar-refractivity contribution in [2.45, 2.75) is 33.6 Å². The van der Waals surface area contributed by atoms with Gasteiger partial charge in [-0.05, 0) is 79.4 Å². The number of carbonyl (C=O) groups excluding carboxylic acids is 2. The van der Waals surface area contributed by atoms with Crippen molar-refractivity contribution in [3.8, 4) is 11.5 Å². The van der Waals surface area contributed by atoms with Gasteiger partial charge in [0.25, 0.3) is 0 Å². The number of rotatable bonds is 8. The summed E-state index contributed by atoms with van der Waals surface area (Å²) in [6, 6.07) is 20.0. The third kappa shape index (κ3) is 5.52. The molecule has 0 N–H and O–H groups in total. The predicted octanol–water partition coefficient (Wildman–Crippen LogP) is 7.38. The first kappa shape index (κ1) is 24.0. The topological polar surface area (TPSA) is 65.7 Å². The average Bonchev–Trinajstić information content (AvgIpc) is 3.18. The minimum atomic E-state index is -0.529. The van der Waals surface area contributed by atoms with Crippen molar-refractivity contribution in [3.05, 3.63) is 101 Å². The van der Waals surface area contributed by atoms with Crippen LogP contribution >= 0.6 is 0 Å². The molecule has 0 unspecified atom stereocenters. The molecule has 35 heavy (non-hydrogen) atoms. The van der Waals surface area contributed by atoms with Gasteiger partial charge in [0.1, 0.15) is 28.4 Å². The largest absolute Gasteiger partial charge is 0.494 e. The maximum atomic E-state index is 12.9. The molecule has 178 valence electrons. The highest BCUT2D eigenvalue weighted by atomic mass is 16.5. The smallest absolute Gasteiger partial charge is 0.347 e. The minimum absolute atomic E-state index is 0.129. The average molecular weight is 469 g/mol. The van der Waals surface area contributed by atoms with E-state index < -0.39 is 5.97 Å². The van der Waals surface area contributed by atoms with E-state index in [0.29, 0.717) is 51.9 Å².